The second kappa shape index (κ2) is 5.62. The van der Waals surface area contributed by atoms with E-state index >= 15 is 0 Å². The van der Waals surface area contributed by atoms with E-state index < -0.39 is 0 Å². The molecule has 0 heterocycles. The Hall–Kier alpha value is -1.21. The number of hydrogen-bond donors (Lipinski definition) is 1. The Morgan fingerprint density at radius 3 is 2.56 bits per heavy atom. The number of hydrogen-bond acceptors (Lipinski definition) is 2. The number of halogens is 3. The highest BCUT2D eigenvalue weighted by molar-refractivity contribution is 9.10. The molecule has 0 aromatic heterocycles. The van der Waals surface area contributed by atoms with Crippen molar-refractivity contribution < 1.29 is 0 Å². The Labute approximate surface area is 123 Å². The van der Waals surface area contributed by atoms with Gasteiger partial charge in [-0.25, -0.2) is 0 Å². The lowest BCUT2D eigenvalue weighted by Gasteiger charge is -2.10. The van der Waals surface area contributed by atoms with E-state index in [1.165, 1.54) is 0 Å². The zero-order valence-corrected chi connectivity index (χ0v) is 12.1. The molecular weight excluding hydrogens is 335 g/mol. The minimum Gasteiger partial charge on any atom is -0.354 e. The van der Waals surface area contributed by atoms with Crippen molar-refractivity contribution in [1.29, 1.82) is 5.26 Å². The van der Waals surface area contributed by atoms with Crippen LogP contribution < -0.4 is 5.32 Å². The number of benzene rings is 2. The molecule has 0 aliphatic rings. The summed E-state index contributed by atoms with van der Waals surface area (Å²) >= 11 is 15.1. The van der Waals surface area contributed by atoms with Gasteiger partial charge in [0.15, 0.2) is 0 Å². The molecule has 2 aromatic rings. The van der Waals surface area contributed by atoms with Crippen molar-refractivity contribution in [2.75, 3.05) is 5.32 Å². The first kappa shape index (κ1) is 13.2. The van der Waals surface area contributed by atoms with Gasteiger partial charge in [0.2, 0.25) is 0 Å². The first-order valence-corrected chi connectivity index (χ1v) is 6.57. The highest BCUT2D eigenvalue weighted by Gasteiger charge is 2.07. The highest BCUT2D eigenvalue weighted by atomic mass is 79.9. The topological polar surface area (TPSA) is 35.8 Å². The fourth-order valence-corrected chi connectivity index (χ4v) is 2.22. The number of nitriles is 1. The number of anilines is 2. The van der Waals surface area contributed by atoms with Gasteiger partial charge >= 0.3 is 0 Å². The van der Waals surface area contributed by atoms with Crippen molar-refractivity contribution in [2.45, 2.75) is 0 Å². The molecule has 0 radical (unpaired) electrons. The highest BCUT2D eigenvalue weighted by Crippen LogP contribution is 2.30. The maximum Gasteiger partial charge on any atom is 0.103 e. The fourth-order valence-electron chi connectivity index (χ4n) is 1.47. The Morgan fingerprint density at radius 2 is 1.89 bits per heavy atom. The summed E-state index contributed by atoms with van der Waals surface area (Å²) in [6.45, 7) is 0. The molecule has 0 saturated carbocycles. The molecular formula is C13H7BrCl2N2. The van der Waals surface area contributed by atoms with Gasteiger partial charge in [-0.15, -0.1) is 0 Å². The van der Waals surface area contributed by atoms with Crippen LogP contribution in [0, 0.1) is 11.3 Å². The molecule has 1 N–H and O–H groups in total. The van der Waals surface area contributed by atoms with Crippen LogP contribution in [0.15, 0.2) is 40.9 Å². The number of rotatable bonds is 2. The van der Waals surface area contributed by atoms with E-state index in [2.05, 4.69) is 27.3 Å². The van der Waals surface area contributed by atoms with Crippen LogP contribution in [-0.2, 0) is 0 Å². The molecule has 2 nitrogen and oxygen atoms in total. The van der Waals surface area contributed by atoms with Crippen LogP contribution in [0.3, 0.4) is 0 Å². The Balaban J connectivity index is 2.37. The lowest BCUT2D eigenvalue weighted by Crippen LogP contribution is -1.94. The molecule has 90 valence electrons. The van der Waals surface area contributed by atoms with Gasteiger partial charge in [0.1, 0.15) is 6.07 Å². The van der Waals surface area contributed by atoms with Crippen molar-refractivity contribution in [1.82, 2.24) is 0 Å². The van der Waals surface area contributed by atoms with Crippen LogP contribution in [0.5, 0.6) is 0 Å². The van der Waals surface area contributed by atoms with E-state index in [1.54, 1.807) is 18.2 Å². The third kappa shape index (κ3) is 2.78. The molecule has 0 fully saturated rings. The minimum absolute atomic E-state index is 0.468. The monoisotopic (exact) mass is 340 g/mol. The van der Waals surface area contributed by atoms with Crippen molar-refractivity contribution in [3.05, 3.63) is 56.5 Å². The number of nitrogens with zero attached hydrogens (tertiary/aromatic N) is 1. The summed E-state index contributed by atoms with van der Waals surface area (Å²) in [5.41, 5.74) is 2.04. The smallest absolute Gasteiger partial charge is 0.103 e. The maximum absolute atomic E-state index is 9.11. The van der Waals surface area contributed by atoms with E-state index in [-0.39, 0.29) is 0 Å². The second-order valence-electron chi connectivity index (χ2n) is 3.53. The predicted octanol–water partition coefficient (Wildman–Crippen LogP) is 5.37. The predicted molar refractivity (Wildman–Crippen MR) is 78.6 cm³/mol. The first-order valence-electron chi connectivity index (χ1n) is 5.02. The fraction of sp³-hybridized carbons (Fsp3) is 0. The molecule has 0 saturated heterocycles. The molecule has 0 bridgehead atoms. The summed E-state index contributed by atoms with van der Waals surface area (Å²) in [6.07, 6.45) is 0. The van der Waals surface area contributed by atoms with Crippen LogP contribution in [0.2, 0.25) is 10.0 Å². The van der Waals surface area contributed by atoms with Crippen LogP contribution >= 0.6 is 39.1 Å². The van der Waals surface area contributed by atoms with Gasteiger partial charge in [0.05, 0.1) is 21.3 Å². The van der Waals surface area contributed by atoms with Crippen LogP contribution in [0.4, 0.5) is 11.4 Å². The minimum atomic E-state index is 0.468. The lowest BCUT2D eigenvalue weighted by molar-refractivity contribution is 1.44. The summed E-state index contributed by atoms with van der Waals surface area (Å²) in [5, 5.41) is 13.2. The molecule has 0 unspecified atom stereocenters. The molecule has 0 amide bonds. The average Bonchev–Trinajstić information content (AvgIpc) is 2.34. The van der Waals surface area contributed by atoms with Crippen LogP contribution in [0.1, 0.15) is 5.56 Å². The molecule has 5 heteroatoms. The van der Waals surface area contributed by atoms with Crippen LogP contribution in [0.25, 0.3) is 0 Å². The summed E-state index contributed by atoms with van der Waals surface area (Å²) in [5.74, 6) is 0. The van der Waals surface area contributed by atoms with Crippen LogP contribution in [-0.4, -0.2) is 0 Å². The van der Waals surface area contributed by atoms with Crippen molar-refractivity contribution >= 4 is 50.5 Å². The Bertz CT molecular complexity index is 635. The van der Waals surface area contributed by atoms with Crippen molar-refractivity contribution in [3.63, 3.8) is 0 Å². The molecule has 0 aliphatic carbocycles. The molecule has 0 aliphatic heterocycles. The second-order valence-corrected chi connectivity index (χ2v) is 5.20. The third-order valence-corrected chi connectivity index (χ3v) is 3.72. The quantitative estimate of drug-likeness (QED) is 0.796. The molecule has 2 aromatic carbocycles. The molecule has 2 rings (SSSR count). The summed E-state index contributed by atoms with van der Waals surface area (Å²) < 4.78 is 0.745. The third-order valence-electron chi connectivity index (χ3n) is 2.32. The molecule has 0 atom stereocenters. The van der Waals surface area contributed by atoms with E-state index in [0.717, 1.165) is 10.2 Å². The van der Waals surface area contributed by atoms with E-state index in [9.17, 15) is 0 Å². The van der Waals surface area contributed by atoms with Gasteiger partial charge in [-0.05, 0) is 46.3 Å². The lowest BCUT2D eigenvalue weighted by atomic mass is 10.2. The standard InChI is InChI=1S/C13H7BrCl2N2/c14-10-2-1-3-13(9(10)7-17)18-8-4-5-11(15)12(16)6-8/h1-6,18H. The maximum atomic E-state index is 9.11. The van der Waals surface area contributed by atoms with E-state index in [4.69, 9.17) is 28.5 Å². The molecule has 18 heavy (non-hydrogen) atoms. The first-order chi connectivity index (χ1) is 8.61. The number of nitrogens with one attached hydrogen (secondary N) is 1. The van der Waals surface area contributed by atoms with Gasteiger partial charge in [-0.2, -0.15) is 5.26 Å². The normalized spacial score (nSPS) is 9.89. The van der Waals surface area contributed by atoms with Crippen molar-refractivity contribution in [3.8, 4) is 6.07 Å². The summed E-state index contributed by atoms with van der Waals surface area (Å²) in [4.78, 5) is 0. The zero-order chi connectivity index (χ0) is 13.1. The van der Waals surface area contributed by atoms with E-state index in [0.29, 0.717) is 21.3 Å². The van der Waals surface area contributed by atoms with Gasteiger partial charge in [-0.3, -0.25) is 0 Å². The van der Waals surface area contributed by atoms with Crippen molar-refractivity contribution in [2.24, 2.45) is 0 Å². The van der Waals surface area contributed by atoms with Gasteiger partial charge in [0, 0.05) is 10.2 Å². The van der Waals surface area contributed by atoms with Gasteiger partial charge in [-0.1, -0.05) is 29.3 Å². The summed E-state index contributed by atoms with van der Waals surface area (Å²) in [6, 6.07) is 12.9. The van der Waals surface area contributed by atoms with E-state index in [1.807, 2.05) is 18.2 Å². The zero-order valence-electron chi connectivity index (χ0n) is 9.05. The Morgan fingerprint density at radius 1 is 1.11 bits per heavy atom. The largest absolute Gasteiger partial charge is 0.354 e. The Kier molecular flexibility index (Phi) is 4.13. The summed E-state index contributed by atoms with van der Waals surface area (Å²) in [7, 11) is 0. The molecule has 0 spiro atoms. The van der Waals surface area contributed by atoms with Gasteiger partial charge < -0.3 is 5.32 Å². The average molecular weight is 342 g/mol. The van der Waals surface area contributed by atoms with Gasteiger partial charge in [0.25, 0.3) is 0 Å². The SMILES string of the molecule is N#Cc1c(Br)cccc1Nc1ccc(Cl)c(Cl)c1.